The van der Waals surface area contributed by atoms with Crippen molar-refractivity contribution in [1.82, 2.24) is 20.1 Å². The molecule has 9 heteroatoms. The first-order valence-electron chi connectivity index (χ1n) is 7.31. The van der Waals surface area contributed by atoms with Crippen LogP contribution in [-0.2, 0) is 4.79 Å². The molecule has 1 fully saturated rings. The topological polar surface area (TPSA) is 85.8 Å². The highest BCUT2D eigenvalue weighted by atomic mass is 32.2. The van der Waals surface area contributed by atoms with Gasteiger partial charge in [-0.2, -0.15) is 0 Å². The fourth-order valence-electron chi connectivity index (χ4n) is 2.34. The maximum atomic E-state index is 12.2. The zero-order chi connectivity index (χ0) is 17.0. The number of nitrogens with one attached hydrogen (secondary N) is 1. The minimum Gasteiger partial charge on any atom is -0.390 e. The standard InChI is InChI=1S/C14H22N4O3S2/c1-17(2)12(20)7-18-5-4-9(11(19)6-18)15-13(21)10-8-23-14(16-10)22-3/h8-9,11,19H,4-7H2,1-3H3,(H,15,21)/t9-,11-/m1/s1. The van der Waals surface area contributed by atoms with Crippen molar-refractivity contribution in [3.05, 3.63) is 11.1 Å². The molecule has 2 atom stereocenters. The summed E-state index contributed by atoms with van der Waals surface area (Å²) in [5.41, 5.74) is 0.386. The maximum Gasteiger partial charge on any atom is 0.271 e. The summed E-state index contributed by atoms with van der Waals surface area (Å²) in [5, 5.41) is 14.8. The molecule has 2 amide bonds. The zero-order valence-electron chi connectivity index (χ0n) is 13.5. The van der Waals surface area contributed by atoms with E-state index in [4.69, 9.17) is 0 Å². The Morgan fingerprint density at radius 2 is 2.30 bits per heavy atom. The Kier molecular flexibility index (Phi) is 6.40. The third-order valence-electron chi connectivity index (χ3n) is 3.73. The summed E-state index contributed by atoms with van der Waals surface area (Å²) in [6.07, 6.45) is 1.82. The number of carbonyl (C=O) groups excluding carboxylic acids is 2. The van der Waals surface area contributed by atoms with E-state index in [1.807, 2.05) is 11.2 Å². The fraction of sp³-hybridized carbons (Fsp3) is 0.643. The van der Waals surface area contributed by atoms with Crippen LogP contribution in [0.5, 0.6) is 0 Å². The van der Waals surface area contributed by atoms with Gasteiger partial charge in [0.15, 0.2) is 0 Å². The first-order valence-corrected chi connectivity index (χ1v) is 9.42. The van der Waals surface area contributed by atoms with Gasteiger partial charge in [-0.05, 0) is 12.7 Å². The molecule has 7 nitrogen and oxygen atoms in total. The van der Waals surface area contributed by atoms with Gasteiger partial charge in [0.1, 0.15) is 10.0 Å². The van der Waals surface area contributed by atoms with Crippen molar-refractivity contribution in [2.45, 2.75) is 22.9 Å². The first kappa shape index (κ1) is 18.2. The summed E-state index contributed by atoms with van der Waals surface area (Å²) >= 11 is 2.93. The predicted molar refractivity (Wildman–Crippen MR) is 90.9 cm³/mol. The summed E-state index contributed by atoms with van der Waals surface area (Å²) in [6.45, 7) is 1.32. The van der Waals surface area contributed by atoms with Gasteiger partial charge in [-0.25, -0.2) is 4.98 Å². The molecule has 0 aromatic carbocycles. The molecule has 1 aromatic heterocycles. The summed E-state index contributed by atoms with van der Waals surface area (Å²) in [7, 11) is 3.42. The highest BCUT2D eigenvalue weighted by Crippen LogP contribution is 2.20. The number of likely N-dealkylation sites (tertiary alicyclic amines) is 1. The lowest BCUT2D eigenvalue weighted by molar-refractivity contribution is -0.130. The van der Waals surface area contributed by atoms with Gasteiger partial charge in [0.05, 0.1) is 18.7 Å². The van der Waals surface area contributed by atoms with E-state index in [-0.39, 0.29) is 24.4 Å². The van der Waals surface area contributed by atoms with E-state index in [0.717, 1.165) is 4.34 Å². The Morgan fingerprint density at radius 1 is 1.57 bits per heavy atom. The number of nitrogens with zero attached hydrogens (tertiary/aromatic N) is 3. The van der Waals surface area contributed by atoms with Crippen LogP contribution in [0.1, 0.15) is 16.9 Å². The second kappa shape index (κ2) is 8.09. The first-order chi connectivity index (χ1) is 10.9. The zero-order valence-corrected chi connectivity index (χ0v) is 15.1. The number of amides is 2. The normalized spacial score (nSPS) is 21.9. The minimum absolute atomic E-state index is 0.00625. The number of rotatable bonds is 5. The lowest BCUT2D eigenvalue weighted by Gasteiger charge is -2.36. The largest absolute Gasteiger partial charge is 0.390 e. The van der Waals surface area contributed by atoms with Gasteiger partial charge >= 0.3 is 0 Å². The smallest absolute Gasteiger partial charge is 0.271 e. The Bertz CT molecular complexity index is 564. The van der Waals surface area contributed by atoms with E-state index in [0.29, 0.717) is 25.2 Å². The number of aliphatic hydroxyl groups excluding tert-OH is 1. The van der Waals surface area contributed by atoms with Crippen molar-refractivity contribution in [1.29, 1.82) is 0 Å². The van der Waals surface area contributed by atoms with Crippen molar-refractivity contribution in [3.63, 3.8) is 0 Å². The summed E-state index contributed by atoms with van der Waals surface area (Å²) in [4.78, 5) is 31.6. The van der Waals surface area contributed by atoms with Crippen molar-refractivity contribution in [3.8, 4) is 0 Å². The summed E-state index contributed by atoms with van der Waals surface area (Å²) in [5.74, 6) is -0.254. The van der Waals surface area contributed by atoms with Gasteiger partial charge in [-0.1, -0.05) is 11.8 Å². The lowest BCUT2D eigenvalue weighted by Crippen LogP contribution is -2.55. The van der Waals surface area contributed by atoms with Crippen LogP contribution in [0.15, 0.2) is 9.72 Å². The highest BCUT2D eigenvalue weighted by Gasteiger charge is 2.30. The Balaban J connectivity index is 1.86. The fourth-order valence-corrected chi connectivity index (χ4v) is 3.58. The number of hydrogen-bond donors (Lipinski definition) is 2. The summed E-state index contributed by atoms with van der Waals surface area (Å²) in [6, 6.07) is -0.312. The van der Waals surface area contributed by atoms with Crippen LogP contribution in [0.4, 0.5) is 0 Å². The number of piperidine rings is 1. The predicted octanol–water partition coefficient (Wildman–Crippen LogP) is 0.118. The van der Waals surface area contributed by atoms with Crippen LogP contribution in [0, 0.1) is 0 Å². The van der Waals surface area contributed by atoms with Crippen LogP contribution in [-0.4, -0.2) is 83.8 Å². The molecule has 0 unspecified atom stereocenters. The van der Waals surface area contributed by atoms with Crippen molar-refractivity contribution < 1.29 is 14.7 Å². The third-order valence-corrected chi connectivity index (χ3v) is 5.59. The molecule has 2 rings (SSSR count). The molecule has 0 radical (unpaired) electrons. The van der Waals surface area contributed by atoms with Crippen molar-refractivity contribution in [2.24, 2.45) is 0 Å². The molecule has 0 bridgehead atoms. The highest BCUT2D eigenvalue weighted by molar-refractivity contribution is 8.00. The van der Waals surface area contributed by atoms with Gasteiger partial charge < -0.3 is 15.3 Å². The van der Waals surface area contributed by atoms with Gasteiger partial charge in [0, 0.05) is 32.6 Å². The van der Waals surface area contributed by atoms with Gasteiger partial charge in [-0.3, -0.25) is 14.5 Å². The number of aliphatic hydroxyl groups is 1. The molecular formula is C14H22N4O3S2. The van der Waals surface area contributed by atoms with E-state index < -0.39 is 6.10 Å². The molecule has 0 saturated carbocycles. The van der Waals surface area contributed by atoms with E-state index in [9.17, 15) is 14.7 Å². The summed E-state index contributed by atoms with van der Waals surface area (Å²) < 4.78 is 0.840. The van der Waals surface area contributed by atoms with Crippen LogP contribution in [0.25, 0.3) is 0 Å². The molecule has 1 saturated heterocycles. The number of thioether (sulfide) groups is 1. The molecule has 2 N–H and O–H groups in total. The van der Waals surface area contributed by atoms with Crippen LogP contribution in [0.3, 0.4) is 0 Å². The molecule has 1 aromatic rings. The minimum atomic E-state index is -0.693. The molecule has 0 aliphatic carbocycles. The Hall–Kier alpha value is -1.16. The van der Waals surface area contributed by atoms with E-state index in [1.54, 1.807) is 19.5 Å². The molecule has 1 aliphatic heterocycles. The van der Waals surface area contributed by atoms with Gasteiger partial charge in [-0.15, -0.1) is 11.3 Å². The number of carbonyl (C=O) groups is 2. The monoisotopic (exact) mass is 358 g/mol. The second-order valence-corrected chi connectivity index (χ2v) is 7.57. The second-order valence-electron chi connectivity index (χ2n) is 5.66. The van der Waals surface area contributed by atoms with Crippen LogP contribution >= 0.6 is 23.1 Å². The van der Waals surface area contributed by atoms with Crippen LogP contribution in [0.2, 0.25) is 0 Å². The van der Waals surface area contributed by atoms with Crippen LogP contribution < -0.4 is 5.32 Å². The molecule has 2 heterocycles. The lowest BCUT2D eigenvalue weighted by atomic mass is 10.0. The number of aromatic nitrogens is 1. The number of hydrogen-bond acceptors (Lipinski definition) is 7. The third kappa shape index (κ3) is 4.90. The average molecular weight is 358 g/mol. The molecule has 128 valence electrons. The molecule has 23 heavy (non-hydrogen) atoms. The SMILES string of the molecule is CSc1nc(C(=O)N[C@@H]2CCN(CC(=O)N(C)C)C[C@H]2O)cs1. The van der Waals surface area contributed by atoms with Gasteiger partial charge in [0.2, 0.25) is 5.91 Å². The molecular weight excluding hydrogens is 336 g/mol. The number of β-amino-alcohol motifs (C(OH)–C–C–N with tert-alkyl or cyclic N) is 1. The van der Waals surface area contributed by atoms with Gasteiger partial charge in [0.25, 0.3) is 5.91 Å². The number of likely N-dealkylation sites (N-methyl/N-ethyl adjacent to an activating group) is 1. The van der Waals surface area contributed by atoms with E-state index in [2.05, 4.69) is 10.3 Å². The van der Waals surface area contributed by atoms with E-state index in [1.165, 1.54) is 28.0 Å². The molecule has 1 aliphatic rings. The maximum absolute atomic E-state index is 12.2. The van der Waals surface area contributed by atoms with Crippen molar-refractivity contribution in [2.75, 3.05) is 40.0 Å². The molecule has 0 spiro atoms. The quantitative estimate of drug-likeness (QED) is 0.727. The average Bonchev–Trinajstić information content (AvgIpc) is 2.99. The Morgan fingerprint density at radius 3 is 2.87 bits per heavy atom. The number of thiazole rings is 1. The van der Waals surface area contributed by atoms with Crippen molar-refractivity contribution >= 4 is 34.9 Å². The van der Waals surface area contributed by atoms with E-state index >= 15 is 0 Å². The Labute approximate surface area is 144 Å².